The van der Waals surface area contributed by atoms with E-state index in [1.165, 1.54) is 88.1 Å². The van der Waals surface area contributed by atoms with Crippen LogP contribution in [0, 0.1) is 0 Å². The van der Waals surface area contributed by atoms with Crippen molar-refractivity contribution >= 4 is 43.6 Å². The fourth-order valence-corrected chi connectivity index (χ4v) is 14.7. The predicted octanol–water partition coefficient (Wildman–Crippen LogP) is 21.2. The molecule has 436 valence electrons. The third kappa shape index (κ3) is 8.83. The number of fused-ring (bicyclic) bond motifs is 14. The van der Waals surface area contributed by atoms with Crippen LogP contribution in [0.2, 0.25) is 0 Å². The van der Waals surface area contributed by atoms with Crippen molar-refractivity contribution in [3.05, 3.63) is 320 Å². The van der Waals surface area contributed by atoms with Gasteiger partial charge in [0.15, 0.2) is 23.3 Å². The van der Waals surface area contributed by atoms with E-state index in [-0.39, 0.29) is 10.8 Å². The Morgan fingerprint density at radius 3 is 0.957 bits per heavy atom. The maximum Gasteiger partial charge on any atom is 0.164 e. The molecule has 0 amide bonds. The smallest absolute Gasteiger partial charge is 0.164 e. The summed E-state index contributed by atoms with van der Waals surface area (Å²) in [5, 5.41) is 5.08. The highest BCUT2D eigenvalue weighted by Gasteiger charge is 2.40. The minimum Gasteiger partial charge on any atom is -0.309 e. The van der Waals surface area contributed by atoms with Gasteiger partial charge >= 0.3 is 0 Å². The second-order valence-corrected chi connectivity index (χ2v) is 25.1. The molecule has 2 aliphatic carbocycles. The van der Waals surface area contributed by atoms with Crippen LogP contribution in [0.4, 0.5) is 0 Å². The Labute approximate surface area is 534 Å². The molecule has 16 aromatic rings. The van der Waals surface area contributed by atoms with E-state index in [0.717, 1.165) is 56.1 Å². The van der Waals surface area contributed by atoms with Crippen molar-refractivity contribution in [3.63, 3.8) is 0 Å². The van der Waals surface area contributed by atoms with Crippen LogP contribution in [-0.2, 0) is 10.8 Å². The van der Waals surface area contributed by atoms with Crippen molar-refractivity contribution < 1.29 is 0 Å². The average Bonchev–Trinajstić information content (AvgIpc) is 1.55. The minimum atomic E-state index is -0.135. The zero-order chi connectivity index (χ0) is 61.7. The quantitative estimate of drug-likeness (QED) is 0.152. The second-order valence-electron chi connectivity index (χ2n) is 25.1. The summed E-state index contributed by atoms with van der Waals surface area (Å²) >= 11 is 0. The van der Waals surface area contributed by atoms with Gasteiger partial charge < -0.3 is 9.13 Å². The van der Waals surface area contributed by atoms with Crippen LogP contribution < -0.4 is 0 Å². The fourth-order valence-electron chi connectivity index (χ4n) is 14.7. The van der Waals surface area contributed by atoms with Crippen LogP contribution >= 0.6 is 0 Å². The third-order valence-electron chi connectivity index (χ3n) is 19.0. The Hall–Kier alpha value is -11.7. The van der Waals surface area contributed by atoms with Crippen molar-refractivity contribution in [3.8, 4) is 102 Å². The van der Waals surface area contributed by atoms with Gasteiger partial charge in [-0.3, -0.25) is 0 Å². The molecule has 18 rings (SSSR count). The van der Waals surface area contributed by atoms with Crippen molar-refractivity contribution in [2.45, 2.75) is 38.5 Å². The monoisotopic (exact) mass is 1180 g/mol. The Kier molecular flexibility index (Phi) is 12.8. The lowest BCUT2D eigenvalue weighted by Gasteiger charge is -2.23. The lowest BCUT2D eigenvalue weighted by molar-refractivity contribution is 0.663. The van der Waals surface area contributed by atoms with E-state index in [2.05, 4.69) is 261 Å². The van der Waals surface area contributed by atoms with Crippen LogP contribution in [0.3, 0.4) is 0 Å². The molecule has 0 fully saturated rings. The summed E-state index contributed by atoms with van der Waals surface area (Å²) in [5.74, 6) is 2.69. The highest BCUT2D eigenvalue weighted by molar-refractivity contribution is 6.14. The molecule has 0 spiro atoms. The first-order valence-corrected chi connectivity index (χ1v) is 31.6. The second kappa shape index (κ2) is 21.5. The Morgan fingerprint density at radius 1 is 0.250 bits per heavy atom. The summed E-state index contributed by atoms with van der Waals surface area (Å²) in [5.41, 5.74) is 25.6. The number of hydrogen-bond donors (Lipinski definition) is 0. The van der Waals surface area contributed by atoms with Crippen molar-refractivity contribution in [1.82, 2.24) is 34.1 Å². The molecular weight excluding hydrogens is 1120 g/mol. The topological polar surface area (TPSA) is 74.3 Å². The molecule has 0 radical (unpaired) electrons. The first-order chi connectivity index (χ1) is 45.2. The molecule has 0 saturated carbocycles. The number of para-hydroxylation sites is 2. The van der Waals surface area contributed by atoms with Gasteiger partial charge in [-0.25, -0.2) is 24.9 Å². The highest BCUT2D eigenvalue weighted by atomic mass is 15.0. The van der Waals surface area contributed by atoms with Crippen LogP contribution in [-0.4, -0.2) is 34.1 Å². The van der Waals surface area contributed by atoms with Crippen LogP contribution in [0.5, 0.6) is 0 Å². The SMILES string of the molecule is CC1(C)c2ccccc2-c2ccc3c4ccccc4n(-c4ccc(-c5nc(-c6ccccc6)cc(-c6ccccc6)n5)cc4)c3c21.CC1(C)c2ccccc2-c2ccc3c4ccccc4n(-c4ccc(-c5nc(-c6ccccc6)nc(-c6ccccc6)n5)cc4)c3c21. The number of nitrogens with zero attached hydrogens (tertiary/aromatic N) is 7. The molecule has 0 saturated heterocycles. The van der Waals surface area contributed by atoms with Crippen molar-refractivity contribution in [2.75, 3.05) is 0 Å². The normalized spacial score (nSPS) is 13.2. The molecule has 0 unspecified atom stereocenters. The summed E-state index contributed by atoms with van der Waals surface area (Å²) in [7, 11) is 0. The van der Waals surface area contributed by atoms with E-state index in [9.17, 15) is 0 Å². The predicted molar refractivity (Wildman–Crippen MR) is 378 cm³/mol. The van der Waals surface area contributed by atoms with Gasteiger partial charge in [-0.15, -0.1) is 0 Å². The van der Waals surface area contributed by atoms with Gasteiger partial charge in [-0.05, 0) is 111 Å². The third-order valence-corrected chi connectivity index (χ3v) is 19.0. The number of benzene rings is 12. The summed E-state index contributed by atoms with van der Waals surface area (Å²) in [6, 6.07) is 105. The first kappa shape index (κ1) is 54.5. The minimum absolute atomic E-state index is 0.128. The number of rotatable bonds is 8. The van der Waals surface area contributed by atoms with E-state index in [4.69, 9.17) is 24.9 Å². The zero-order valence-corrected chi connectivity index (χ0v) is 51.4. The van der Waals surface area contributed by atoms with Gasteiger partial charge in [0.1, 0.15) is 0 Å². The van der Waals surface area contributed by atoms with Crippen LogP contribution in [0.1, 0.15) is 49.9 Å². The molecular formula is C85H61N7. The lowest BCUT2D eigenvalue weighted by Crippen LogP contribution is -2.16. The van der Waals surface area contributed by atoms with Gasteiger partial charge in [0.25, 0.3) is 0 Å². The lowest BCUT2D eigenvalue weighted by atomic mass is 9.81. The van der Waals surface area contributed by atoms with Crippen molar-refractivity contribution in [2.24, 2.45) is 0 Å². The van der Waals surface area contributed by atoms with E-state index in [0.29, 0.717) is 23.3 Å². The van der Waals surface area contributed by atoms with E-state index in [1.807, 2.05) is 72.8 Å². The Balaban J connectivity index is 0.000000141. The van der Waals surface area contributed by atoms with E-state index in [1.54, 1.807) is 0 Å². The van der Waals surface area contributed by atoms with Crippen molar-refractivity contribution in [1.29, 1.82) is 0 Å². The van der Waals surface area contributed by atoms with Gasteiger partial charge in [-0.1, -0.05) is 258 Å². The van der Waals surface area contributed by atoms with E-state index < -0.39 is 0 Å². The standard InChI is InChI=1S/C43H31N3.C42H30N4/c1-43(2)36-19-11-9-17-32(36)34-25-26-35-33-18-10-12-20-39(33)46(41(35)40(34)43)31-23-21-30(22-24-31)42-44-37(28-13-5-3-6-14-28)27-38(45-42)29-15-7-4-8-16-29;1-42(2)35-19-11-9-17-31(35)33-25-26-34-32-18-10-12-20-36(32)46(38(34)37(33)42)30-23-21-29(22-24-30)41-44-39(27-13-5-3-6-14-27)43-40(45-41)28-15-7-4-8-16-28/h3-27H,1-2H3;3-26H,1-2H3. The zero-order valence-electron chi connectivity index (χ0n) is 51.4. The fraction of sp³-hybridized carbons (Fsp3) is 0.0706. The van der Waals surface area contributed by atoms with Gasteiger partial charge in [-0.2, -0.15) is 0 Å². The Bertz CT molecular complexity index is 5070. The van der Waals surface area contributed by atoms with Gasteiger partial charge in [0.2, 0.25) is 0 Å². The average molecular weight is 1180 g/mol. The summed E-state index contributed by atoms with van der Waals surface area (Å²) in [6.45, 7) is 9.45. The van der Waals surface area contributed by atoms with Crippen LogP contribution in [0.15, 0.2) is 297 Å². The summed E-state index contributed by atoms with van der Waals surface area (Å²) in [6.07, 6.45) is 0. The molecule has 92 heavy (non-hydrogen) atoms. The van der Waals surface area contributed by atoms with Gasteiger partial charge in [0, 0.05) is 77.1 Å². The molecule has 4 heterocycles. The molecule has 0 bridgehead atoms. The molecule has 2 aliphatic rings. The molecule has 4 aromatic heterocycles. The molecule has 7 nitrogen and oxygen atoms in total. The van der Waals surface area contributed by atoms with Gasteiger partial charge in [0.05, 0.1) is 33.5 Å². The molecule has 12 aromatic carbocycles. The molecule has 0 aliphatic heterocycles. The molecule has 7 heteroatoms. The maximum atomic E-state index is 5.06. The number of hydrogen-bond acceptors (Lipinski definition) is 5. The molecule has 0 atom stereocenters. The Morgan fingerprint density at radius 2 is 0.565 bits per heavy atom. The van der Waals surface area contributed by atoms with E-state index >= 15 is 0 Å². The number of aromatic nitrogens is 7. The summed E-state index contributed by atoms with van der Waals surface area (Å²) < 4.78 is 4.90. The first-order valence-electron chi connectivity index (χ1n) is 31.6. The van der Waals surface area contributed by atoms with Crippen LogP contribution in [0.25, 0.3) is 145 Å². The maximum absolute atomic E-state index is 5.06. The summed E-state index contributed by atoms with van der Waals surface area (Å²) in [4.78, 5) is 24.9. The highest BCUT2D eigenvalue weighted by Crippen LogP contribution is 2.55. The largest absolute Gasteiger partial charge is 0.309 e. The molecule has 0 N–H and O–H groups in total.